The fourth-order valence-electron chi connectivity index (χ4n) is 5.98. The maximum atomic E-state index is 13.4. The molecule has 0 spiro atoms. The number of nitrogens with zero attached hydrogens (tertiary/aromatic N) is 2. The van der Waals surface area contributed by atoms with Crippen LogP contribution in [0.3, 0.4) is 0 Å². The zero-order valence-electron chi connectivity index (χ0n) is 22.4. The first-order valence-electron chi connectivity index (χ1n) is 13.3. The van der Waals surface area contributed by atoms with E-state index in [4.69, 9.17) is 5.41 Å². The number of hydrogen-bond acceptors (Lipinski definition) is 3. The van der Waals surface area contributed by atoms with Crippen molar-refractivity contribution in [3.63, 3.8) is 0 Å². The quantitative estimate of drug-likeness (QED) is 0.158. The summed E-state index contributed by atoms with van der Waals surface area (Å²) < 4.78 is 80.0. The third-order valence-corrected chi connectivity index (χ3v) is 8.03. The van der Waals surface area contributed by atoms with Crippen LogP contribution in [0.4, 0.5) is 26.3 Å². The minimum absolute atomic E-state index is 0.184. The third kappa shape index (κ3) is 4.30. The Bertz CT molecular complexity index is 2450. The van der Waals surface area contributed by atoms with Crippen molar-refractivity contribution in [2.75, 3.05) is 0 Å². The van der Waals surface area contributed by atoms with E-state index in [1.165, 1.54) is 12.1 Å². The molecule has 0 saturated carbocycles. The van der Waals surface area contributed by atoms with Crippen molar-refractivity contribution in [2.45, 2.75) is 12.4 Å². The topological polar surface area (TPSA) is 60.0 Å². The summed E-state index contributed by atoms with van der Waals surface area (Å²) in [6.45, 7) is 0. The van der Waals surface area contributed by atoms with Crippen molar-refractivity contribution in [3.8, 4) is 28.4 Å². The van der Waals surface area contributed by atoms with Crippen LogP contribution in [0.15, 0.2) is 102 Å². The fraction of sp³-hybridized carbons (Fsp3) is 0.0571. The second-order valence-corrected chi connectivity index (χ2v) is 10.6. The number of nitriles is 1. The Morgan fingerprint density at radius 2 is 0.932 bits per heavy atom. The van der Waals surface area contributed by atoms with E-state index in [9.17, 15) is 31.6 Å². The Morgan fingerprint density at radius 3 is 1.48 bits per heavy atom. The van der Waals surface area contributed by atoms with Crippen LogP contribution in [0.2, 0.25) is 0 Å². The van der Waals surface area contributed by atoms with Gasteiger partial charge in [-0.15, -0.1) is 0 Å². The van der Waals surface area contributed by atoms with Crippen LogP contribution >= 0.6 is 0 Å². The Kier molecular flexibility index (Phi) is 5.91. The number of benzene rings is 5. The molecule has 0 aliphatic carbocycles. The van der Waals surface area contributed by atoms with Crippen molar-refractivity contribution in [1.82, 2.24) is 0 Å². The largest absolute Gasteiger partial charge is 0.416 e. The average molecular weight is 594 g/mol. The number of nitrogens with one attached hydrogen (secondary N) is 1. The van der Waals surface area contributed by atoms with Gasteiger partial charge in [0.1, 0.15) is 0 Å². The van der Waals surface area contributed by atoms with Gasteiger partial charge in [0.2, 0.25) is 6.19 Å². The summed E-state index contributed by atoms with van der Waals surface area (Å²) in [4.78, 5) is 4.06. The minimum atomic E-state index is -4.49. The normalized spacial score (nSPS) is 13.0. The van der Waals surface area contributed by atoms with E-state index in [1.54, 1.807) is 54.6 Å². The summed E-state index contributed by atoms with van der Waals surface area (Å²) >= 11 is 0. The molecule has 214 valence electrons. The number of fused-ring (bicyclic) bond motifs is 6. The van der Waals surface area contributed by atoms with Crippen LogP contribution in [-0.4, -0.2) is 0 Å². The molecule has 0 amide bonds. The van der Waals surface area contributed by atoms with Gasteiger partial charge in [-0.1, -0.05) is 48.5 Å². The van der Waals surface area contributed by atoms with E-state index in [1.807, 2.05) is 12.3 Å². The predicted octanol–water partition coefficient (Wildman–Crippen LogP) is 9.41. The van der Waals surface area contributed by atoms with E-state index in [2.05, 4.69) is 4.99 Å². The highest BCUT2D eigenvalue weighted by Crippen LogP contribution is 2.37. The standard InChI is InChI=1S/C35H17F6N3/c36-34(37,38)22-5-1-3-18(11-22)20-7-9-24-26-15-27-25-10-8-21(19-4-2-6-23(12-19)35(39,40)41)14-30(25)33(44-17-42)31(27)16-29(26)32(43)28(24)13-20/h1-16,43H. The molecule has 0 aliphatic heterocycles. The summed E-state index contributed by atoms with van der Waals surface area (Å²) in [6.07, 6.45) is -7.16. The molecule has 0 bridgehead atoms. The van der Waals surface area contributed by atoms with Gasteiger partial charge >= 0.3 is 12.4 Å². The van der Waals surface area contributed by atoms with Gasteiger partial charge in [-0.3, -0.25) is 5.41 Å². The monoisotopic (exact) mass is 593 g/mol. The highest BCUT2D eigenvalue weighted by molar-refractivity contribution is 6.21. The number of halogens is 6. The molecule has 0 unspecified atom stereocenters. The van der Waals surface area contributed by atoms with Crippen LogP contribution in [0.1, 0.15) is 11.1 Å². The molecule has 44 heavy (non-hydrogen) atoms. The van der Waals surface area contributed by atoms with E-state index < -0.39 is 23.5 Å². The lowest BCUT2D eigenvalue weighted by atomic mass is 10.00. The molecular formula is C35H17F6N3. The van der Waals surface area contributed by atoms with Crippen molar-refractivity contribution in [2.24, 2.45) is 4.99 Å². The summed E-state index contributed by atoms with van der Waals surface area (Å²) in [5, 5.41) is 24.3. The minimum Gasteiger partial charge on any atom is -0.300 e. The highest BCUT2D eigenvalue weighted by atomic mass is 19.4. The molecule has 7 rings (SSSR count). The van der Waals surface area contributed by atoms with Gasteiger partial charge in [0.05, 0.1) is 21.8 Å². The van der Waals surface area contributed by atoms with Gasteiger partial charge in [-0.25, -0.2) is 0 Å². The first-order valence-corrected chi connectivity index (χ1v) is 13.3. The van der Waals surface area contributed by atoms with Crippen LogP contribution in [0.5, 0.6) is 0 Å². The Morgan fingerprint density at radius 1 is 0.500 bits per heavy atom. The highest BCUT2D eigenvalue weighted by Gasteiger charge is 2.31. The molecule has 3 nitrogen and oxygen atoms in total. The summed E-state index contributed by atoms with van der Waals surface area (Å²) in [5.74, 6) is 0. The molecule has 0 heterocycles. The Hall–Kier alpha value is -5.49. The number of alkyl halides is 6. The van der Waals surface area contributed by atoms with Gasteiger partial charge in [0, 0.05) is 21.5 Å². The molecule has 0 aromatic heterocycles. The summed E-state index contributed by atoms with van der Waals surface area (Å²) in [6, 6.07) is 24.2. The lowest BCUT2D eigenvalue weighted by Gasteiger charge is -2.09. The van der Waals surface area contributed by atoms with E-state index >= 15 is 0 Å². The molecule has 0 aliphatic rings. The third-order valence-electron chi connectivity index (χ3n) is 8.03. The maximum Gasteiger partial charge on any atom is 0.416 e. The first-order chi connectivity index (χ1) is 20.9. The van der Waals surface area contributed by atoms with Crippen molar-refractivity contribution in [3.05, 3.63) is 119 Å². The van der Waals surface area contributed by atoms with E-state index in [-0.39, 0.29) is 5.36 Å². The van der Waals surface area contributed by atoms with Crippen molar-refractivity contribution < 1.29 is 26.3 Å². The van der Waals surface area contributed by atoms with Gasteiger partial charge in [0.25, 0.3) is 0 Å². The fourth-order valence-corrected chi connectivity index (χ4v) is 5.98. The molecule has 1 N–H and O–H groups in total. The number of rotatable bonds is 2. The molecule has 0 radical (unpaired) electrons. The molecule has 7 aromatic rings. The Balaban J connectivity index is 1.44. The summed E-state index contributed by atoms with van der Waals surface area (Å²) in [5.41, 5.74) is 0.284. The maximum absolute atomic E-state index is 13.4. The number of hydrogen-bond donors (Lipinski definition) is 1. The lowest BCUT2D eigenvalue weighted by Crippen LogP contribution is -2.04. The van der Waals surface area contributed by atoms with Gasteiger partial charge in [0.15, 0.2) is 0 Å². The molecule has 7 aromatic carbocycles. The summed E-state index contributed by atoms with van der Waals surface area (Å²) in [7, 11) is 0. The van der Waals surface area contributed by atoms with E-state index in [0.717, 1.165) is 45.8 Å². The molecular weight excluding hydrogens is 576 g/mol. The molecule has 0 fully saturated rings. The predicted molar refractivity (Wildman–Crippen MR) is 157 cm³/mol. The first kappa shape index (κ1) is 27.3. The zero-order chi connectivity index (χ0) is 31.0. The smallest absolute Gasteiger partial charge is 0.300 e. The second-order valence-electron chi connectivity index (χ2n) is 10.6. The van der Waals surface area contributed by atoms with Crippen LogP contribution in [0, 0.1) is 16.9 Å². The van der Waals surface area contributed by atoms with Gasteiger partial charge < -0.3 is 0 Å². The SMILES string of the molecule is N#CN=c1c2cc(-c3cccc(C(F)(F)F)c3)ccc2c2cc3c(cc12)c(=N)c1cc(-c2cccc(C(F)(F)F)c2)ccc13. The molecule has 0 saturated heterocycles. The molecule has 9 heteroatoms. The van der Waals surface area contributed by atoms with Gasteiger partial charge in [-0.05, 0) is 92.3 Å². The van der Waals surface area contributed by atoms with Crippen LogP contribution in [-0.2, 0) is 12.4 Å². The van der Waals surface area contributed by atoms with E-state index in [0.29, 0.717) is 49.2 Å². The van der Waals surface area contributed by atoms with Crippen molar-refractivity contribution >= 4 is 43.1 Å². The second kappa shape index (κ2) is 9.51. The Labute approximate surface area is 244 Å². The molecule has 0 atom stereocenters. The van der Waals surface area contributed by atoms with Crippen molar-refractivity contribution in [1.29, 1.82) is 10.7 Å². The van der Waals surface area contributed by atoms with Crippen LogP contribution in [0.25, 0.3) is 65.3 Å². The lowest BCUT2D eigenvalue weighted by molar-refractivity contribution is -0.138. The average Bonchev–Trinajstić information content (AvgIpc) is 3.45. The zero-order valence-corrected chi connectivity index (χ0v) is 22.4. The van der Waals surface area contributed by atoms with Crippen LogP contribution < -0.4 is 10.7 Å². The van der Waals surface area contributed by atoms with Gasteiger partial charge in [-0.2, -0.15) is 36.6 Å².